The number of rotatable bonds is 4. The van der Waals surface area contributed by atoms with E-state index in [9.17, 15) is 14.4 Å². The first-order valence-corrected chi connectivity index (χ1v) is 9.39. The number of hydrogen-bond donors (Lipinski definition) is 1. The Morgan fingerprint density at radius 1 is 1.30 bits per heavy atom. The highest BCUT2D eigenvalue weighted by Crippen LogP contribution is 2.22. The molecule has 2 heterocycles. The quantitative estimate of drug-likeness (QED) is 0.552. The summed E-state index contributed by atoms with van der Waals surface area (Å²) in [5, 5.41) is 7.24. The van der Waals surface area contributed by atoms with Crippen LogP contribution < -0.4 is 16.5 Å². The van der Waals surface area contributed by atoms with E-state index in [1.807, 2.05) is 0 Å². The second kappa shape index (κ2) is 8.05. The van der Waals surface area contributed by atoms with Crippen molar-refractivity contribution in [2.24, 2.45) is 0 Å². The lowest BCUT2D eigenvalue weighted by Gasteiger charge is -2.10. The minimum atomic E-state index is -0.606. The van der Waals surface area contributed by atoms with Gasteiger partial charge in [0.2, 0.25) is 0 Å². The van der Waals surface area contributed by atoms with Crippen molar-refractivity contribution < 1.29 is 13.9 Å². The van der Waals surface area contributed by atoms with Crippen LogP contribution >= 0.6 is 31.9 Å². The van der Waals surface area contributed by atoms with E-state index in [-0.39, 0.29) is 24.3 Å². The van der Waals surface area contributed by atoms with Crippen LogP contribution in [0.5, 0.6) is 0 Å². The molecule has 10 heteroatoms. The number of nitrogens with zero attached hydrogens (tertiary/aromatic N) is 2. The molecule has 0 fully saturated rings. The van der Waals surface area contributed by atoms with Crippen LogP contribution in [0, 0.1) is 0 Å². The molecule has 3 aromatic rings. The molecule has 0 aliphatic heterocycles. The molecule has 0 radical (unpaired) electrons. The van der Waals surface area contributed by atoms with E-state index in [2.05, 4.69) is 42.3 Å². The third kappa shape index (κ3) is 4.28. The molecule has 2 aromatic heterocycles. The van der Waals surface area contributed by atoms with Crippen molar-refractivity contribution in [3.05, 3.63) is 65.7 Å². The van der Waals surface area contributed by atoms with Crippen molar-refractivity contribution >= 4 is 54.6 Å². The summed E-state index contributed by atoms with van der Waals surface area (Å²) in [7, 11) is 0. The third-order valence-corrected chi connectivity index (χ3v) is 5.51. The zero-order valence-corrected chi connectivity index (χ0v) is 17.2. The average Bonchev–Trinajstić information content (AvgIpc) is 2.62. The maximum absolute atomic E-state index is 12.3. The number of ether oxygens (including phenoxy) is 1. The summed E-state index contributed by atoms with van der Waals surface area (Å²) in [4.78, 5) is 35.8. The number of benzene rings is 1. The highest BCUT2D eigenvalue weighted by atomic mass is 79.9. The van der Waals surface area contributed by atoms with Crippen LogP contribution in [-0.4, -0.2) is 22.5 Å². The molecule has 1 amide bonds. The van der Waals surface area contributed by atoms with Gasteiger partial charge in [-0.3, -0.25) is 10.1 Å². The molecular formula is C17H13Br2N3O5. The largest absolute Gasteiger partial charge is 0.450 e. The lowest BCUT2D eigenvalue weighted by Crippen LogP contribution is -2.24. The summed E-state index contributed by atoms with van der Waals surface area (Å²) in [5.74, 6) is 0. The Balaban J connectivity index is 2.01. The van der Waals surface area contributed by atoms with Crippen molar-refractivity contribution in [1.82, 2.24) is 9.78 Å². The molecule has 8 nitrogen and oxygen atoms in total. The van der Waals surface area contributed by atoms with Crippen molar-refractivity contribution in [2.75, 3.05) is 11.9 Å². The molecule has 0 atom stereocenters. The van der Waals surface area contributed by atoms with Crippen LogP contribution in [0.25, 0.3) is 11.0 Å². The van der Waals surface area contributed by atoms with E-state index < -0.39 is 11.7 Å². The number of amides is 1. The van der Waals surface area contributed by atoms with Crippen molar-refractivity contribution in [2.45, 2.75) is 13.5 Å². The van der Waals surface area contributed by atoms with Gasteiger partial charge in [-0.2, -0.15) is 5.10 Å². The normalized spacial score (nSPS) is 10.8. The molecular weight excluding hydrogens is 486 g/mol. The Morgan fingerprint density at radius 2 is 2.07 bits per heavy atom. The van der Waals surface area contributed by atoms with E-state index >= 15 is 0 Å². The molecule has 140 valence electrons. The Bertz CT molecular complexity index is 1140. The number of fused-ring (bicyclic) bond motifs is 1. The summed E-state index contributed by atoms with van der Waals surface area (Å²) in [6.45, 7) is 2.02. The third-order valence-electron chi connectivity index (χ3n) is 3.61. The van der Waals surface area contributed by atoms with Gasteiger partial charge in [-0.1, -0.05) is 0 Å². The number of nitrogens with one attached hydrogen (secondary N) is 1. The average molecular weight is 499 g/mol. The molecule has 27 heavy (non-hydrogen) atoms. The van der Waals surface area contributed by atoms with Gasteiger partial charge in [0.25, 0.3) is 5.56 Å². The summed E-state index contributed by atoms with van der Waals surface area (Å²) < 4.78 is 12.2. The minimum absolute atomic E-state index is 0.0808. The number of aromatic nitrogens is 2. The number of hydrogen-bond acceptors (Lipinski definition) is 6. The zero-order valence-electron chi connectivity index (χ0n) is 14.0. The second-order valence-corrected chi connectivity index (χ2v) is 7.06. The predicted octanol–water partition coefficient (Wildman–Crippen LogP) is 3.49. The van der Waals surface area contributed by atoms with Gasteiger partial charge in [-0.15, -0.1) is 0 Å². The molecule has 0 spiro atoms. The second-order valence-electron chi connectivity index (χ2n) is 5.42. The standard InChI is InChI=1S/C17H13Br2N3O5/c1-2-26-17(25)21-10-3-4-11-9(5-14(23)27-13(11)6-10)8-22-16(24)15(19)12(18)7-20-22/h3-7H,2,8H2,1H3,(H,21,25). The van der Waals surface area contributed by atoms with Crippen LogP contribution in [-0.2, 0) is 11.3 Å². The highest BCUT2D eigenvalue weighted by Gasteiger charge is 2.12. The number of halogens is 2. The van der Waals surface area contributed by atoms with Crippen LogP contribution in [0.15, 0.2) is 53.4 Å². The summed E-state index contributed by atoms with van der Waals surface area (Å²) in [6, 6.07) is 6.17. The van der Waals surface area contributed by atoms with Gasteiger partial charge in [0, 0.05) is 23.2 Å². The molecule has 3 rings (SSSR count). The smallest absolute Gasteiger partial charge is 0.411 e. The minimum Gasteiger partial charge on any atom is -0.450 e. The first kappa shape index (κ1) is 19.3. The lowest BCUT2D eigenvalue weighted by molar-refractivity contribution is 0.168. The number of carbonyl (C=O) groups excluding carboxylic acids is 1. The summed E-state index contributed by atoms with van der Waals surface area (Å²) in [5.41, 5.74) is 0.341. The Labute approximate surface area is 169 Å². The Kier molecular flexibility index (Phi) is 5.76. The molecule has 0 unspecified atom stereocenters. The van der Waals surface area contributed by atoms with E-state index in [0.717, 1.165) is 0 Å². The Hall–Kier alpha value is -2.46. The monoisotopic (exact) mass is 497 g/mol. The van der Waals surface area contributed by atoms with E-state index in [4.69, 9.17) is 9.15 Å². The first-order chi connectivity index (χ1) is 12.9. The van der Waals surface area contributed by atoms with E-state index in [0.29, 0.717) is 25.6 Å². The number of anilines is 1. The van der Waals surface area contributed by atoms with Crippen LogP contribution in [0.2, 0.25) is 0 Å². The van der Waals surface area contributed by atoms with Gasteiger partial charge in [0.05, 0.1) is 23.8 Å². The molecule has 1 aromatic carbocycles. The van der Waals surface area contributed by atoms with Gasteiger partial charge in [0.15, 0.2) is 0 Å². The fraction of sp³-hybridized carbons (Fsp3) is 0.176. The van der Waals surface area contributed by atoms with Gasteiger partial charge in [-0.25, -0.2) is 14.3 Å². The van der Waals surface area contributed by atoms with Gasteiger partial charge in [-0.05, 0) is 56.5 Å². The number of carbonyl (C=O) groups is 1. The van der Waals surface area contributed by atoms with Crippen molar-refractivity contribution in [1.29, 1.82) is 0 Å². The fourth-order valence-corrected chi connectivity index (χ4v) is 3.01. The van der Waals surface area contributed by atoms with Crippen LogP contribution in [0.3, 0.4) is 0 Å². The summed E-state index contributed by atoms with van der Waals surface area (Å²) in [6.07, 6.45) is 0.881. The maximum atomic E-state index is 12.3. The first-order valence-electron chi connectivity index (χ1n) is 7.80. The fourth-order valence-electron chi connectivity index (χ4n) is 2.44. The lowest BCUT2D eigenvalue weighted by atomic mass is 10.1. The van der Waals surface area contributed by atoms with E-state index in [1.165, 1.54) is 23.0 Å². The Morgan fingerprint density at radius 3 is 2.81 bits per heavy atom. The predicted molar refractivity (Wildman–Crippen MR) is 106 cm³/mol. The highest BCUT2D eigenvalue weighted by molar-refractivity contribution is 9.13. The van der Waals surface area contributed by atoms with Crippen molar-refractivity contribution in [3.8, 4) is 0 Å². The van der Waals surface area contributed by atoms with Crippen LogP contribution in [0.4, 0.5) is 10.5 Å². The molecule has 0 saturated heterocycles. The molecule has 1 N–H and O–H groups in total. The molecule has 0 bridgehead atoms. The SMILES string of the molecule is CCOC(=O)Nc1ccc2c(Cn3ncc(Br)c(Br)c3=O)cc(=O)oc2c1. The summed E-state index contributed by atoms with van der Waals surface area (Å²) >= 11 is 6.42. The van der Waals surface area contributed by atoms with Crippen LogP contribution in [0.1, 0.15) is 12.5 Å². The maximum Gasteiger partial charge on any atom is 0.411 e. The van der Waals surface area contributed by atoms with Gasteiger partial charge < -0.3 is 9.15 Å². The molecule has 0 aliphatic rings. The van der Waals surface area contributed by atoms with Gasteiger partial charge in [0.1, 0.15) is 10.1 Å². The zero-order chi connectivity index (χ0) is 19.6. The molecule has 0 saturated carbocycles. The van der Waals surface area contributed by atoms with Gasteiger partial charge >= 0.3 is 11.7 Å². The molecule has 0 aliphatic carbocycles. The van der Waals surface area contributed by atoms with E-state index in [1.54, 1.807) is 19.1 Å². The topological polar surface area (TPSA) is 103 Å². The van der Waals surface area contributed by atoms with Crippen molar-refractivity contribution in [3.63, 3.8) is 0 Å².